The Morgan fingerprint density at radius 3 is 2.23 bits per heavy atom. The van der Waals surface area contributed by atoms with Crippen molar-refractivity contribution in [1.82, 2.24) is 4.90 Å². The van der Waals surface area contributed by atoms with E-state index in [-0.39, 0.29) is 62.0 Å². The maximum Gasteiger partial charge on any atom is 0.416 e. The molecule has 13 nitrogen and oxygen atoms in total. The molecule has 0 bridgehead atoms. The minimum Gasteiger partial charge on any atom is -0.459 e. The number of hydrogen-bond donors (Lipinski definition) is 2. The van der Waals surface area contributed by atoms with Gasteiger partial charge in [-0.3, -0.25) is 15.0 Å². The first kappa shape index (κ1) is 51.6. The number of ether oxygens (including phenoxy) is 4. The zero-order valence-electron chi connectivity index (χ0n) is 42.3. The first-order valence-electron chi connectivity index (χ1n) is 25.7. The van der Waals surface area contributed by atoms with Gasteiger partial charge in [-0.1, -0.05) is 115 Å². The van der Waals surface area contributed by atoms with Crippen LogP contribution in [0.3, 0.4) is 0 Å². The highest BCUT2D eigenvalue weighted by Crippen LogP contribution is 2.62. The molecule has 1 aliphatic heterocycles. The number of aliphatic hydroxyl groups excluding tert-OH is 2. The van der Waals surface area contributed by atoms with E-state index in [9.17, 15) is 20.3 Å². The molecule has 6 aromatic carbocycles. The SMILES string of the molecule is C=CCOC12Oc3ccc(Oc4ccc(-c5ccccc5)cc4)cc3C3C(CCCCO)C(CCCCO)C=C(C(=NOC(C)(C)C)CC1N(Cc1cccc4ccccc14)C(=O)Oc1ccc([N+](=O)[O-])cc1)C32. The van der Waals surface area contributed by atoms with E-state index in [4.69, 9.17) is 28.9 Å². The van der Waals surface area contributed by atoms with Crippen LogP contribution in [0.1, 0.15) is 82.8 Å². The second-order valence-electron chi connectivity index (χ2n) is 20.4. The smallest absolute Gasteiger partial charge is 0.416 e. The monoisotopic (exact) mass is 999 g/mol. The molecule has 0 spiro atoms. The maximum atomic E-state index is 15.4. The molecule has 6 aromatic rings. The Morgan fingerprint density at radius 2 is 1.51 bits per heavy atom. The average Bonchev–Trinajstić information content (AvgIpc) is 3.41. The Hall–Kier alpha value is -7.32. The van der Waals surface area contributed by atoms with Gasteiger partial charge in [0, 0.05) is 43.2 Å². The first-order chi connectivity index (χ1) is 35.9. The minimum atomic E-state index is -1.60. The molecular weight excluding hydrogens is 935 g/mol. The summed E-state index contributed by atoms with van der Waals surface area (Å²) in [5, 5.41) is 38.8. The van der Waals surface area contributed by atoms with Crippen LogP contribution in [0.25, 0.3) is 21.9 Å². The highest BCUT2D eigenvalue weighted by atomic mass is 16.7. The fourth-order valence-corrected chi connectivity index (χ4v) is 11.1. The number of aliphatic hydroxyl groups is 2. The molecule has 0 saturated heterocycles. The van der Waals surface area contributed by atoms with Gasteiger partial charge in [0.05, 0.1) is 29.7 Å². The summed E-state index contributed by atoms with van der Waals surface area (Å²) in [5.41, 5.74) is 4.60. The number of amides is 1. The van der Waals surface area contributed by atoms with Gasteiger partial charge in [0.25, 0.3) is 5.69 Å². The third kappa shape index (κ3) is 11.3. The number of nitro benzene ring substituents is 1. The molecule has 0 radical (unpaired) electrons. The van der Waals surface area contributed by atoms with E-state index in [1.807, 2.05) is 118 Å². The lowest BCUT2D eigenvalue weighted by atomic mass is 9.55. The third-order valence-electron chi connectivity index (χ3n) is 14.4. The van der Waals surface area contributed by atoms with Crippen molar-refractivity contribution < 1.29 is 43.7 Å². The number of allylic oxidation sites excluding steroid dienone is 1. The Bertz CT molecular complexity index is 2980. The minimum absolute atomic E-state index is 0.00456. The van der Waals surface area contributed by atoms with Crippen LogP contribution < -0.4 is 14.2 Å². The summed E-state index contributed by atoms with van der Waals surface area (Å²) in [6.07, 6.45) is 7.68. The summed E-state index contributed by atoms with van der Waals surface area (Å²) < 4.78 is 27.7. The van der Waals surface area contributed by atoms with E-state index < -0.39 is 34.4 Å². The highest BCUT2D eigenvalue weighted by Gasteiger charge is 2.66. The molecule has 384 valence electrons. The topological polar surface area (TPSA) is 162 Å². The first-order valence-corrected chi connectivity index (χ1v) is 25.7. The van der Waals surface area contributed by atoms with Crippen LogP contribution in [0.5, 0.6) is 23.0 Å². The van der Waals surface area contributed by atoms with Crippen molar-refractivity contribution in [3.8, 4) is 34.1 Å². The van der Waals surface area contributed by atoms with Gasteiger partial charge in [-0.15, -0.1) is 6.58 Å². The van der Waals surface area contributed by atoms with Crippen LogP contribution in [0, 0.1) is 27.9 Å². The lowest BCUT2D eigenvalue weighted by Gasteiger charge is -2.60. The Labute approximate surface area is 432 Å². The van der Waals surface area contributed by atoms with Crippen molar-refractivity contribution >= 4 is 28.3 Å². The molecule has 1 amide bonds. The number of fused-ring (bicyclic) bond motifs is 3. The van der Waals surface area contributed by atoms with Gasteiger partial charge in [0.2, 0.25) is 5.79 Å². The normalized spacial score (nSPS) is 21.4. The molecule has 6 unspecified atom stereocenters. The number of benzene rings is 6. The fraction of sp³-hybridized carbons (Fsp3) is 0.344. The number of nitrogens with zero attached hydrogens (tertiary/aromatic N) is 3. The molecule has 74 heavy (non-hydrogen) atoms. The van der Waals surface area contributed by atoms with Gasteiger partial charge in [-0.2, -0.15) is 0 Å². The van der Waals surface area contributed by atoms with Crippen molar-refractivity contribution in [2.45, 2.75) is 95.6 Å². The second-order valence-corrected chi connectivity index (χ2v) is 20.4. The molecule has 6 atom stereocenters. The molecule has 0 aromatic heterocycles. The Balaban J connectivity index is 1.24. The molecule has 1 fully saturated rings. The van der Waals surface area contributed by atoms with Gasteiger partial charge < -0.3 is 34.0 Å². The third-order valence-corrected chi connectivity index (χ3v) is 14.4. The van der Waals surface area contributed by atoms with Crippen LogP contribution >= 0.6 is 0 Å². The zero-order valence-corrected chi connectivity index (χ0v) is 42.3. The van der Waals surface area contributed by atoms with Gasteiger partial charge in [0.1, 0.15) is 34.6 Å². The van der Waals surface area contributed by atoms with E-state index >= 15 is 4.79 Å². The van der Waals surface area contributed by atoms with Gasteiger partial charge in [-0.05, 0) is 134 Å². The number of rotatable bonds is 20. The number of carbonyl (C=O) groups excluding carboxylic acids is 1. The Morgan fingerprint density at radius 1 is 0.838 bits per heavy atom. The molecule has 2 N–H and O–H groups in total. The lowest BCUT2D eigenvalue weighted by Crippen LogP contribution is -2.70. The van der Waals surface area contributed by atoms with E-state index in [2.05, 4.69) is 30.9 Å². The summed E-state index contributed by atoms with van der Waals surface area (Å²) in [6.45, 7) is 10.1. The van der Waals surface area contributed by atoms with Crippen LogP contribution in [-0.2, 0) is 16.1 Å². The fourth-order valence-electron chi connectivity index (χ4n) is 11.1. The van der Waals surface area contributed by atoms with Crippen molar-refractivity contribution in [3.05, 3.63) is 185 Å². The van der Waals surface area contributed by atoms with E-state index in [0.29, 0.717) is 35.8 Å². The highest BCUT2D eigenvalue weighted by molar-refractivity contribution is 6.03. The Kier molecular flexibility index (Phi) is 15.9. The van der Waals surface area contributed by atoms with E-state index in [1.54, 1.807) is 11.0 Å². The quantitative estimate of drug-likeness (QED) is 0.0326. The van der Waals surface area contributed by atoms with E-state index in [1.165, 1.54) is 24.3 Å². The molecular formula is C61H65N3O10. The predicted octanol–water partition coefficient (Wildman–Crippen LogP) is 13.3. The van der Waals surface area contributed by atoms with Crippen molar-refractivity contribution in [2.75, 3.05) is 19.8 Å². The zero-order chi connectivity index (χ0) is 51.8. The maximum absolute atomic E-state index is 15.4. The molecule has 1 saturated carbocycles. The molecule has 13 heteroatoms. The van der Waals surface area contributed by atoms with E-state index in [0.717, 1.165) is 64.3 Å². The largest absolute Gasteiger partial charge is 0.459 e. The summed E-state index contributed by atoms with van der Waals surface area (Å²) in [5.74, 6) is -0.595. The second kappa shape index (κ2) is 22.8. The van der Waals surface area contributed by atoms with Crippen LogP contribution in [0.4, 0.5) is 10.5 Å². The number of carbonyl (C=O) groups is 1. The van der Waals surface area contributed by atoms with Crippen LogP contribution in [0.15, 0.2) is 169 Å². The molecule has 2 aliphatic carbocycles. The summed E-state index contributed by atoms with van der Waals surface area (Å²) in [4.78, 5) is 34.6. The number of unbranched alkanes of at least 4 members (excludes halogenated alkanes) is 2. The summed E-state index contributed by atoms with van der Waals surface area (Å²) in [6, 6.07) is 42.6. The number of oxime groups is 1. The lowest BCUT2D eigenvalue weighted by molar-refractivity contribution is -0.384. The van der Waals surface area contributed by atoms with Crippen molar-refractivity contribution in [3.63, 3.8) is 0 Å². The van der Waals surface area contributed by atoms with Gasteiger partial charge in [-0.25, -0.2) is 4.79 Å². The standard InChI is InChI=1S/C61H65N3O10/c1-5-36-70-61-56(63(40-45-21-15-20-43-18-9-10-22-50(43)45)59(67)72-48-30-26-46(27-31-48)64(68)69)39-54(62-74-60(2,3)4)52-37-44(19-11-13-34-65)51(23-12-14-35-66)57(58(52)61)53-38-49(32-33-55(53)73-61)71-47-28-24-42(25-29-47)41-16-7-6-8-17-41/h5-10,15-18,20-22,24-33,37-38,44,51,56-58,65-66H,1,11-14,19,23,34-36,39-40H2,2-4H3. The van der Waals surface area contributed by atoms with Gasteiger partial charge >= 0.3 is 6.09 Å². The molecule has 1 heterocycles. The predicted molar refractivity (Wildman–Crippen MR) is 286 cm³/mol. The molecule has 9 rings (SSSR count). The summed E-state index contributed by atoms with van der Waals surface area (Å²) >= 11 is 0. The average molecular weight is 1000 g/mol. The number of nitro groups is 1. The molecule has 3 aliphatic rings. The van der Waals surface area contributed by atoms with Crippen LogP contribution in [0.2, 0.25) is 0 Å². The number of non-ortho nitro benzene ring substituents is 1. The van der Waals surface area contributed by atoms with Gasteiger partial charge in [0.15, 0.2) is 0 Å². The summed E-state index contributed by atoms with van der Waals surface area (Å²) in [7, 11) is 0. The van der Waals surface area contributed by atoms with Crippen molar-refractivity contribution in [2.24, 2.45) is 22.9 Å². The number of hydrogen-bond acceptors (Lipinski definition) is 11. The van der Waals surface area contributed by atoms with Crippen LogP contribution in [-0.4, -0.2) is 69.1 Å². The van der Waals surface area contributed by atoms with Crippen molar-refractivity contribution in [1.29, 1.82) is 0 Å².